The van der Waals surface area contributed by atoms with Crippen LogP contribution in [0.3, 0.4) is 0 Å². The van der Waals surface area contributed by atoms with Gasteiger partial charge in [-0.05, 0) is 42.7 Å². The minimum atomic E-state index is -0.0445. The number of nitrogens with zero attached hydrogens (tertiary/aromatic N) is 4. The third-order valence-corrected chi connectivity index (χ3v) is 4.84. The highest BCUT2D eigenvalue weighted by atomic mass is 16.5. The van der Waals surface area contributed by atoms with Gasteiger partial charge >= 0.3 is 6.03 Å². The van der Waals surface area contributed by atoms with Crippen LogP contribution in [0.1, 0.15) is 17.5 Å². The van der Waals surface area contributed by atoms with Crippen molar-refractivity contribution in [3.05, 3.63) is 53.7 Å². The first-order valence-electron chi connectivity index (χ1n) is 9.47. The quantitative estimate of drug-likeness (QED) is 0.863. The van der Waals surface area contributed by atoms with Crippen LogP contribution in [0.2, 0.25) is 0 Å². The molecule has 1 saturated heterocycles. The molecule has 2 heterocycles. The van der Waals surface area contributed by atoms with Crippen molar-refractivity contribution in [3.8, 4) is 11.8 Å². The number of urea groups is 1. The van der Waals surface area contributed by atoms with Gasteiger partial charge in [0.25, 0.3) is 0 Å². The first kappa shape index (κ1) is 19.5. The first-order valence-corrected chi connectivity index (χ1v) is 9.47. The summed E-state index contributed by atoms with van der Waals surface area (Å²) in [5.74, 6) is 1.53. The van der Waals surface area contributed by atoms with Gasteiger partial charge in [0.1, 0.15) is 17.6 Å². The lowest BCUT2D eigenvalue weighted by Gasteiger charge is -2.23. The number of amides is 2. The molecular weight excluding hydrogens is 354 g/mol. The molecule has 0 saturated carbocycles. The van der Waals surface area contributed by atoms with Crippen LogP contribution >= 0.6 is 0 Å². The number of benzene rings is 1. The lowest BCUT2D eigenvalue weighted by molar-refractivity contribution is 0.201. The number of pyridine rings is 1. The number of carbonyl (C=O) groups excluding carboxylic acids is 1. The number of anilines is 1. The number of nitrogens with one attached hydrogen (secondary N) is 1. The third kappa shape index (κ3) is 4.92. The molecule has 1 aliphatic rings. The van der Waals surface area contributed by atoms with Gasteiger partial charge in [-0.25, -0.2) is 9.78 Å². The molecule has 2 aromatic rings. The number of hydrogen-bond donors (Lipinski definition) is 1. The number of carbonyl (C=O) groups is 1. The van der Waals surface area contributed by atoms with Gasteiger partial charge in [0, 0.05) is 38.9 Å². The molecule has 0 atom stereocenters. The van der Waals surface area contributed by atoms with Gasteiger partial charge in [0.15, 0.2) is 0 Å². The fraction of sp³-hybridized carbons (Fsp3) is 0.381. The van der Waals surface area contributed by atoms with Crippen molar-refractivity contribution in [2.75, 3.05) is 44.7 Å². The molecule has 0 radical (unpaired) electrons. The van der Waals surface area contributed by atoms with E-state index >= 15 is 0 Å². The van der Waals surface area contributed by atoms with Crippen molar-refractivity contribution in [1.82, 2.24) is 15.2 Å². The summed E-state index contributed by atoms with van der Waals surface area (Å²) in [4.78, 5) is 20.8. The van der Waals surface area contributed by atoms with Gasteiger partial charge in [-0.2, -0.15) is 5.26 Å². The maximum atomic E-state index is 12.5. The summed E-state index contributed by atoms with van der Waals surface area (Å²) >= 11 is 0. The van der Waals surface area contributed by atoms with E-state index in [-0.39, 0.29) is 6.03 Å². The predicted octanol–water partition coefficient (Wildman–Crippen LogP) is 2.43. The van der Waals surface area contributed by atoms with E-state index in [9.17, 15) is 10.1 Å². The van der Waals surface area contributed by atoms with E-state index in [2.05, 4.69) is 21.3 Å². The van der Waals surface area contributed by atoms with Crippen molar-refractivity contribution < 1.29 is 9.53 Å². The highest BCUT2D eigenvalue weighted by Gasteiger charge is 2.21. The molecule has 1 aromatic heterocycles. The minimum absolute atomic E-state index is 0.0445. The normalized spacial score (nSPS) is 14.1. The summed E-state index contributed by atoms with van der Waals surface area (Å²) in [5.41, 5.74) is 1.72. The van der Waals surface area contributed by atoms with Crippen LogP contribution in [0.25, 0.3) is 0 Å². The molecule has 2 amide bonds. The Kier molecular flexibility index (Phi) is 6.68. The monoisotopic (exact) mass is 379 g/mol. The summed E-state index contributed by atoms with van der Waals surface area (Å²) < 4.78 is 5.16. The number of rotatable bonds is 5. The fourth-order valence-corrected chi connectivity index (χ4v) is 3.29. The summed E-state index contributed by atoms with van der Waals surface area (Å²) in [6.07, 6.45) is 3.31. The fourth-order valence-electron chi connectivity index (χ4n) is 3.29. The SMILES string of the molecule is COc1ccc(CCNC(=O)N2CCCN(c3ncccc3C#N)CC2)cc1. The molecule has 1 N–H and O–H groups in total. The minimum Gasteiger partial charge on any atom is -0.497 e. The van der Waals surface area contributed by atoms with Crippen LogP contribution in [-0.2, 0) is 6.42 Å². The smallest absolute Gasteiger partial charge is 0.317 e. The molecule has 7 heteroatoms. The van der Waals surface area contributed by atoms with Crippen LogP contribution < -0.4 is 15.0 Å². The molecule has 28 heavy (non-hydrogen) atoms. The molecule has 0 spiro atoms. The van der Waals surface area contributed by atoms with Gasteiger partial charge in [0.05, 0.1) is 12.7 Å². The lowest BCUT2D eigenvalue weighted by Crippen LogP contribution is -2.42. The van der Waals surface area contributed by atoms with Gasteiger partial charge in [-0.15, -0.1) is 0 Å². The molecule has 0 aliphatic carbocycles. The van der Waals surface area contributed by atoms with Gasteiger partial charge in [-0.1, -0.05) is 12.1 Å². The average molecular weight is 379 g/mol. The molecular formula is C21H25N5O2. The molecule has 146 valence electrons. The molecule has 1 aromatic carbocycles. The van der Waals surface area contributed by atoms with E-state index in [0.717, 1.165) is 30.7 Å². The van der Waals surface area contributed by atoms with E-state index in [1.54, 1.807) is 25.4 Å². The highest BCUT2D eigenvalue weighted by Crippen LogP contribution is 2.18. The zero-order chi connectivity index (χ0) is 19.8. The number of hydrogen-bond acceptors (Lipinski definition) is 5. The first-order chi connectivity index (χ1) is 13.7. The number of nitriles is 1. The van der Waals surface area contributed by atoms with E-state index in [4.69, 9.17) is 4.74 Å². The Morgan fingerprint density at radius 3 is 2.79 bits per heavy atom. The zero-order valence-corrected chi connectivity index (χ0v) is 16.1. The third-order valence-electron chi connectivity index (χ3n) is 4.84. The second-order valence-corrected chi connectivity index (χ2v) is 6.64. The Morgan fingerprint density at radius 2 is 2.04 bits per heavy atom. The second kappa shape index (κ2) is 9.60. The van der Waals surface area contributed by atoms with E-state index in [1.165, 1.54) is 0 Å². The number of ether oxygens (including phenoxy) is 1. The van der Waals surface area contributed by atoms with Crippen molar-refractivity contribution in [3.63, 3.8) is 0 Å². The number of aromatic nitrogens is 1. The van der Waals surface area contributed by atoms with Crippen LogP contribution in [-0.4, -0.2) is 55.7 Å². The van der Waals surface area contributed by atoms with E-state index in [0.29, 0.717) is 37.6 Å². The summed E-state index contributed by atoms with van der Waals surface area (Å²) in [5, 5.41) is 12.3. The van der Waals surface area contributed by atoms with E-state index < -0.39 is 0 Å². The van der Waals surface area contributed by atoms with E-state index in [1.807, 2.05) is 29.2 Å². The van der Waals surface area contributed by atoms with Crippen LogP contribution in [0.5, 0.6) is 5.75 Å². The van der Waals surface area contributed by atoms with Crippen LogP contribution in [0.4, 0.5) is 10.6 Å². The standard InChI is InChI=1S/C21H25N5O2/c1-28-19-7-5-17(6-8-19)9-11-24-21(27)26-13-3-12-25(14-15-26)20-18(16-22)4-2-10-23-20/h2,4-8,10H,3,9,11-15H2,1H3,(H,24,27). The predicted molar refractivity (Wildman–Crippen MR) is 107 cm³/mol. The number of methoxy groups -OCH3 is 1. The van der Waals surface area contributed by atoms with Crippen LogP contribution in [0.15, 0.2) is 42.6 Å². The summed E-state index contributed by atoms with van der Waals surface area (Å²) in [7, 11) is 1.65. The Bertz CT molecular complexity index is 831. The van der Waals surface area contributed by atoms with Crippen molar-refractivity contribution >= 4 is 11.8 Å². The highest BCUT2D eigenvalue weighted by molar-refractivity contribution is 5.74. The Balaban J connectivity index is 1.49. The summed E-state index contributed by atoms with van der Waals surface area (Å²) in [6.45, 7) is 3.33. The largest absolute Gasteiger partial charge is 0.497 e. The van der Waals surface area contributed by atoms with Crippen molar-refractivity contribution in [2.45, 2.75) is 12.8 Å². The zero-order valence-electron chi connectivity index (χ0n) is 16.1. The molecule has 3 rings (SSSR count). The lowest BCUT2D eigenvalue weighted by atomic mass is 10.1. The molecule has 0 bridgehead atoms. The maximum absolute atomic E-state index is 12.5. The van der Waals surface area contributed by atoms with Gasteiger partial charge in [0.2, 0.25) is 0 Å². The van der Waals surface area contributed by atoms with Gasteiger partial charge < -0.3 is 19.9 Å². The Hall–Kier alpha value is -3.27. The second-order valence-electron chi connectivity index (χ2n) is 6.64. The topological polar surface area (TPSA) is 81.5 Å². The van der Waals surface area contributed by atoms with Gasteiger partial charge in [-0.3, -0.25) is 0 Å². The Morgan fingerprint density at radius 1 is 1.21 bits per heavy atom. The summed E-state index contributed by atoms with van der Waals surface area (Å²) in [6, 6.07) is 13.6. The molecule has 1 aliphatic heterocycles. The Labute approximate surface area is 165 Å². The van der Waals surface area contributed by atoms with Crippen molar-refractivity contribution in [1.29, 1.82) is 5.26 Å². The molecule has 1 fully saturated rings. The van der Waals surface area contributed by atoms with Crippen molar-refractivity contribution in [2.24, 2.45) is 0 Å². The average Bonchev–Trinajstić information content (AvgIpc) is 3.00. The maximum Gasteiger partial charge on any atom is 0.317 e. The molecule has 7 nitrogen and oxygen atoms in total. The van der Waals surface area contributed by atoms with Crippen LogP contribution in [0, 0.1) is 11.3 Å². The molecule has 0 unspecified atom stereocenters.